The van der Waals surface area contributed by atoms with Crippen LogP contribution in [0.5, 0.6) is 0 Å². The zero-order valence-corrected chi connectivity index (χ0v) is 7.76. The summed E-state index contributed by atoms with van der Waals surface area (Å²) >= 11 is 0. The van der Waals surface area contributed by atoms with Crippen LogP contribution in [0.25, 0.3) is 0 Å². The lowest BCUT2D eigenvalue weighted by molar-refractivity contribution is 0.447. The number of hydrogen-bond donors (Lipinski definition) is 0. The minimum absolute atomic E-state index is 0.943. The van der Waals surface area contributed by atoms with Crippen LogP contribution in [0, 0.1) is 5.92 Å². The standard InChI is InChI=1S/C7H14P2/c8-9-6-7-4-2-1-3-5-7/h6-7H,1-5,8H2. The lowest BCUT2D eigenvalue weighted by Gasteiger charge is -2.16. The molecule has 1 rings (SSSR count). The maximum Gasteiger partial charge on any atom is -0.0187 e. The molecular formula is C7H14P2. The second kappa shape index (κ2) is 4.42. The summed E-state index contributed by atoms with van der Waals surface area (Å²) in [6.45, 7) is 0. The molecule has 0 aliphatic heterocycles. The van der Waals surface area contributed by atoms with Crippen LogP contribution in [0.4, 0.5) is 0 Å². The van der Waals surface area contributed by atoms with Gasteiger partial charge in [0.05, 0.1) is 0 Å². The van der Waals surface area contributed by atoms with Crippen LogP contribution in [0.1, 0.15) is 32.1 Å². The monoisotopic (exact) mass is 160 g/mol. The van der Waals surface area contributed by atoms with Gasteiger partial charge in [0.15, 0.2) is 0 Å². The Kier molecular flexibility index (Phi) is 3.78. The van der Waals surface area contributed by atoms with Crippen molar-refractivity contribution in [3.63, 3.8) is 0 Å². The normalized spacial score (nSPS) is 23.2. The van der Waals surface area contributed by atoms with Gasteiger partial charge in [-0.3, -0.25) is 0 Å². The molecule has 0 saturated heterocycles. The van der Waals surface area contributed by atoms with Crippen LogP contribution < -0.4 is 0 Å². The van der Waals surface area contributed by atoms with Crippen LogP contribution in [0.15, 0.2) is 0 Å². The molecule has 9 heavy (non-hydrogen) atoms. The summed E-state index contributed by atoms with van der Waals surface area (Å²) in [5.74, 6) is 3.36. The summed E-state index contributed by atoms with van der Waals surface area (Å²) in [4.78, 5) is 0. The van der Waals surface area contributed by atoms with Crippen molar-refractivity contribution in [3.05, 3.63) is 0 Å². The molecular weight excluding hydrogens is 146 g/mol. The third kappa shape index (κ3) is 2.78. The summed E-state index contributed by atoms with van der Waals surface area (Å²) in [6.07, 6.45) is 7.28. The minimum atomic E-state index is 0.943. The molecule has 1 unspecified atom stereocenters. The minimum Gasteiger partial charge on any atom is -0.0870 e. The van der Waals surface area contributed by atoms with Crippen molar-refractivity contribution >= 4 is 22.6 Å². The van der Waals surface area contributed by atoms with Gasteiger partial charge in [0.2, 0.25) is 0 Å². The van der Waals surface area contributed by atoms with Gasteiger partial charge in [0.1, 0.15) is 0 Å². The van der Waals surface area contributed by atoms with Crippen molar-refractivity contribution in [2.45, 2.75) is 32.1 Å². The molecule has 1 fully saturated rings. The van der Waals surface area contributed by atoms with E-state index in [0.29, 0.717) is 0 Å². The summed E-state index contributed by atoms with van der Waals surface area (Å²) in [7, 11) is 4.13. The molecule has 1 aliphatic rings. The molecule has 2 heteroatoms. The van der Waals surface area contributed by atoms with Gasteiger partial charge < -0.3 is 0 Å². The highest BCUT2D eigenvalue weighted by Crippen LogP contribution is 2.24. The Bertz CT molecular complexity index is 93.1. The van der Waals surface area contributed by atoms with Gasteiger partial charge in [0.25, 0.3) is 0 Å². The van der Waals surface area contributed by atoms with Crippen LogP contribution in [0.2, 0.25) is 0 Å². The van der Waals surface area contributed by atoms with Gasteiger partial charge in [-0.15, -0.1) is 0 Å². The molecule has 0 spiro atoms. The van der Waals surface area contributed by atoms with Crippen molar-refractivity contribution in [1.29, 1.82) is 0 Å². The first-order valence-electron chi connectivity index (χ1n) is 3.67. The Morgan fingerprint density at radius 1 is 1.22 bits per heavy atom. The third-order valence-corrected chi connectivity index (χ3v) is 3.06. The molecule has 52 valence electrons. The highest BCUT2D eigenvalue weighted by molar-refractivity contribution is 8.01. The summed E-state index contributed by atoms with van der Waals surface area (Å²) in [5, 5.41) is 0. The summed E-state index contributed by atoms with van der Waals surface area (Å²) < 4.78 is 0. The maximum absolute atomic E-state index is 2.74. The molecule has 0 radical (unpaired) electrons. The topological polar surface area (TPSA) is 0 Å². The lowest BCUT2D eigenvalue weighted by atomic mass is 9.91. The molecule has 0 nitrogen and oxygen atoms in total. The quantitative estimate of drug-likeness (QED) is 0.517. The highest BCUT2D eigenvalue weighted by Gasteiger charge is 2.08. The Labute approximate surface area is 61.3 Å². The van der Waals surface area contributed by atoms with Crippen molar-refractivity contribution in [1.82, 2.24) is 0 Å². The molecule has 0 bridgehead atoms. The summed E-state index contributed by atoms with van der Waals surface area (Å²) in [6, 6.07) is 0. The first kappa shape index (κ1) is 7.70. The largest absolute Gasteiger partial charge is 0.0870 e. The van der Waals surface area contributed by atoms with Crippen LogP contribution in [-0.4, -0.2) is 5.80 Å². The molecule has 0 aromatic heterocycles. The second-order valence-corrected chi connectivity index (χ2v) is 4.19. The SMILES string of the molecule is PP=CC1CCCCC1. The van der Waals surface area contributed by atoms with Crippen molar-refractivity contribution < 1.29 is 0 Å². The molecule has 1 atom stereocenters. The van der Waals surface area contributed by atoms with Crippen molar-refractivity contribution in [3.8, 4) is 0 Å². The fourth-order valence-corrected chi connectivity index (χ4v) is 2.68. The number of hydrogen-bond acceptors (Lipinski definition) is 0. The van der Waals surface area contributed by atoms with Gasteiger partial charge in [-0.1, -0.05) is 41.9 Å². The zero-order valence-electron chi connectivity index (χ0n) is 5.71. The lowest BCUT2D eigenvalue weighted by Crippen LogP contribution is -2.05. The fraction of sp³-hybridized carbons (Fsp3) is 0.857. The average molecular weight is 160 g/mol. The van der Waals surface area contributed by atoms with Crippen molar-refractivity contribution in [2.24, 2.45) is 5.92 Å². The smallest absolute Gasteiger partial charge is 0.0187 e. The number of rotatable bonds is 1. The van der Waals surface area contributed by atoms with E-state index in [-0.39, 0.29) is 0 Å². The van der Waals surface area contributed by atoms with E-state index in [4.69, 9.17) is 0 Å². The van der Waals surface area contributed by atoms with Crippen LogP contribution >= 0.6 is 16.8 Å². The first-order valence-corrected chi connectivity index (χ1v) is 6.25. The Balaban J connectivity index is 2.23. The first-order chi connectivity index (χ1) is 4.43. The molecule has 1 saturated carbocycles. The van der Waals surface area contributed by atoms with E-state index in [0.717, 1.165) is 5.92 Å². The van der Waals surface area contributed by atoms with Gasteiger partial charge in [0, 0.05) is 0 Å². The Morgan fingerprint density at radius 3 is 2.44 bits per heavy atom. The van der Waals surface area contributed by atoms with Gasteiger partial charge in [-0.05, 0) is 18.8 Å². The van der Waals surface area contributed by atoms with E-state index in [1.54, 1.807) is 0 Å². The van der Waals surface area contributed by atoms with Gasteiger partial charge in [-0.25, -0.2) is 0 Å². The van der Waals surface area contributed by atoms with E-state index in [1.165, 1.54) is 40.0 Å². The molecule has 1 aliphatic carbocycles. The molecule has 0 N–H and O–H groups in total. The molecule has 0 aromatic carbocycles. The Morgan fingerprint density at radius 2 is 1.89 bits per heavy atom. The Hall–Kier alpha value is 0.600. The summed E-state index contributed by atoms with van der Waals surface area (Å²) in [5.41, 5.74) is 0. The molecule has 0 heterocycles. The van der Waals surface area contributed by atoms with E-state index < -0.39 is 0 Å². The van der Waals surface area contributed by atoms with Gasteiger partial charge in [-0.2, -0.15) is 0 Å². The third-order valence-electron chi connectivity index (χ3n) is 1.95. The predicted molar refractivity (Wildman–Crippen MR) is 49.3 cm³/mol. The van der Waals surface area contributed by atoms with E-state index >= 15 is 0 Å². The zero-order chi connectivity index (χ0) is 6.53. The average Bonchev–Trinajstić information content (AvgIpc) is 1.91. The van der Waals surface area contributed by atoms with E-state index in [2.05, 4.69) is 14.7 Å². The molecule has 0 amide bonds. The van der Waals surface area contributed by atoms with Crippen LogP contribution in [0.3, 0.4) is 0 Å². The maximum atomic E-state index is 2.74. The van der Waals surface area contributed by atoms with Crippen molar-refractivity contribution in [2.75, 3.05) is 0 Å². The predicted octanol–water partition coefficient (Wildman–Crippen LogP) is 3.11. The van der Waals surface area contributed by atoms with Gasteiger partial charge >= 0.3 is 0 Å². The highest BCUT2D eigenvalue weighted by atomic mass is 32.0. The fourth-order valence-electron chi connectivity index (χ4n) is 1.40. The van der Waals surface area contributed by atoms with Crippen LogP contribution in [-0.2, 0) is 0 Å². The van der Waals surface area contributed by atoms with E-state index in [1.807, 2.05) is 0 Å². The molecule has 0 aromatic rings. The second-order valence-electron chi connectivity index (χ2n) is 2.70. The van der Waals surface area contributed by atoms with E-state index in [9.17, 15) is 0 Å².